The lowest BCUT2D eigenvalue weighted by atomic mass is 9.71. The van der Waals surface area contributed by atoms with Crippen molar-refractivity contribution in [3.63, 3.8) is 0 Å². The highest BCUT2D eigenvalue weighted by molar-refractivity contribution is 5.97. The summed E-state index contributed by atoms with van der Waals surface area (Å²) >= 11 is 0. The summed E-state index contributed by atoms with van der Waals surface area (Å²) in [4.78, 5) is 16.5. The molecule has 1 aromatic rings. The van der Waals surface area contributed by atoms with E-state index < -0.39 is 0 Å². The molecule has 1 heterocycles. The van der Waals surface area contributed by atoms with Gasteiger partial charge in [-0.1, -0.05) is 13.8 Å². The largest absolute Gasteiger partial charge is 0.294 e. The Morgan fingerprint density at radius 3 is 2.47 bits per heavy atom. The van der Waals surface area contributed by atoms with Crippen molar-refractivity contribution in [1.29, 1.82) is 0 Å². The van der Waals surface area contributed by atoms with Gasteiger partial charge in [-0.15, -0.1) is 0 Å². The number of nitrogens with zero attached hydrogens (tertiary/aromatic N) is 1. The Hall–Kier alpha value is -1.18. The summed E-state index contributed by atoms with van der Waals surface area (Å²) in [6.45, 7) is 6.53. The van der Waals surface area contributed by atoms with Gasteiger partial charge < -0.3 is 0 Å². The molecule has 2 heteroatoms. The molecule has 1 aromatic heterocycles. The lowest BCUT2D eigenvalue weighted by molar-refractivity contribution is 0.0837. The number of ketones is 1. The summed E-state index contributed by atoms with van der Waals surface area (Å²) in [5, 5.41) is 0. The molecule has 17 heavy (non-hydrogen) atoms. The van der Waals surface area contributed by atoms with E-state index in [1.165, 1.54) is 0 Å². The first kappa shape index (κ1) is 12.3. The van der Waals surface area contributed by atoms with Crippen LogP contribution in [0.25, 0.3) is 0 Å². The van der Waals surface area contributed by atoms with Crippen molar-refractivity contribution in [2.45, 2.75) is 46.5 Å². The number of hydrogen-bond acceptors (Lipinski definition) is 2. The van der Waals surface area contributed by atoms with Crippen molar-refractivity contribution in [3.05, 3.63) is 29.6 Å². The molecule has 0 aromatic carbocycles. The minimum Gasteiger partial charge on any atom is -0.294 e. The molecule has 0 radical (unpaired) electrons. The maximum Gasteiger partial charge on any atom is 0.167 e. The first-order valence-electron chi connectivity index (χ1n) is 6.45. The van der Waals surface area contributed by atoms with Crippen LogP contribution in [0.2, 0.25) is 0 Å². The molecule has 0 bridgehead atoms. The Balaban J connectivity index is 2.04. The van der Waals surface area contributed by atoms with Crippen molar-refractivity contribution < 1.29 is 4.79 Å². The summed E-state index contributed by atoms with van der Waals surface area (Å²) in [5.74, 6) is 0.500. The molecule has 92 valence electrons. The van der Waals surface area contributed by atoms with Gasteiger partial charge in [0.1, 0.15) is 0 Å². The lowest BCUT2D eigenvalue weighted by Crippen LogP contribution is -2.26. The highest BCUT2D eigenvalue weighted by atomic mass is 16.1. The zero-order valence-electron chi connectivity index (χ0n) is 11.0. The van der Waals surface area contributed by atoms with Gasteiger partial charge in [0.05, 0.1) is 0 Å². The molecule has 2 nitrogen and oxygen atoms in total. The van der Waals surface area contributed by atoms with E-state index in [9.17, 15) is 4.79 Å². The number of aromatic nitrogens is 1. The molecular weight excluding hydrogens is 210 g/mol. The van der Waals surface area contributed by atoms with E-state index in [1.807, 2.05) is 19.1 Å². The Morgan fingerprint density at radius 2 is 1.94 bits per heavy atom. The fourth-order valence-electron chi connectivity index (χ4n) is 2.51. The summed E-state index contributed by atoms with van der Waals surface area (Å²) in [5.41, 5.74) is 2.16. The van der Waals surface area contributed by atoms with Crippen molar-refractivity contribution in [2.24, 2.45) is 11.3 Å². The van der Waals surface area contributed by atoms with Crippen LogP contribution in [-0.2, 0) is 0 Å². The van der Waals surface area contributed by atoms with E-state index >= 15 is 0 Å². The number of Topliss-reactive ketones (excluding diaryl/α,β-unsaturated/α-hetero) is 1. The van der Waals surface area contributed by atoms with Crippen LogP contribution in [-0.4, -0.2) is 10.8 Å². The topological polar surface area (TPSA) is 30.0 Å². The number of rotatable bonds is 2. The first-order chi connectivity index (χ1) is 7.98. The maximum atomic E-state index is 12.3. The zero-order valence-corrected chi connectivity index (χ0v) is 11.0. The average molecular weight is 231 g/mol. The van der Waals surface area contributed by atoms with E-state index in [0.717, 1.165) is 36.9 Å². The summed E-state index contributed by atoms with van der Waals surface area (Å²) in [6.07, 6.45) is 6.09. The van der Waals surface area contributed by atoms with Crippen LogP contribution in [0, 0.1) is 18.3 Å². The predicted molar refractivity (Wildman–Crippen MR) is 69.0 cm³/mol. The molecular formula is C15H21NO. The molecule has 0 atom stereocenters. The van der Waals surface area contributed by atoms with Crippen molar-refractivity contribution in [1.82, 2.24) is 4.98 Å². The Morgan fingerprint density at radius 1 is 1.29 bits per heavy atom. The second-order valence-electron chi connectivity index (χ2n) is 5.99. The van der Waals surface area contributed by atoms with E-state index in [2.05, 4.69) is 18.8 Å². The highest BCUT2D eigenvalue weighted by Gasteiger charge is 2.30. The van der Waals surface area contributed by atoms with Gasteiger partial charge in [-0.3, -0.25) is 9.78 Å². The van der Waals surface area contributed by atoms with Crippen molar-refractivity contribution >= 4 is 5.78 Å². The van der Waals surface area contributed by atoms with Crippen LogP contribution in [0.4, 0.5) is 0 Å². The summed E-state index contributed by atoms with van der Waals surface area (Å²) in [7, 11) is 0. The smallest absolute Gasteiger partial charge is 0.167 e. The molecule has 0 N–H and O–H groups in total. The SMILES string of the molecule is Cc1ccc(C(=O)C2CCC(C)(C)CC2)cn1. The van der Waals surface area contributed by atoms with E-state index in [1.54, 1.807) is 6.20 Å². The molecule has 0 aliphatic heterocycles. The Bertz CT molecular complexity index is 395. The number of pyridine rings is 1. The number of carbonyl (C=O) groups is 1. The summed E-state index contributed by atoms with van der Waals surface area (Å²) in [6, 6.07) is 3.82. The highest BCUT2D eigenvalue weighted by Crippen LogP contribution is 2.39. The van der Waals surface area contributed by atoms with E-state index in [-0.39, 0.29) is 11.7 Å². The Labute approximate surface area is 103 Å². The molecule has 0 saturated heterocycles. The van der Waals surface area contributed by atoms with E-state index in [4.69, 9.17) is 0 Å². The third-order valence-corrected chi connectivity index (χ3v) is 3.91. The molecule has 2 rings (SSSR count). The predicted octanol–water partition coefficient (Wildman–Crippen LogP) is 3.79. The number of hydrogen-bond donors (Lipinski definition) is 0. The zero-order chi connectivity index (χ0) is 12.5. The van der Waals surface area contributed by atoms with Gasteiger partial charge in [0.25, 0.3) is 0 Å². The molecule has 1 fully saturated rings. The van der Waals surface area contributed by atoms with Gasteiger partial charge in [0.2, 0.25) is 0 Å². The van der Waals surface area contributed by atoms with Gasteiger partial charge in [0, 0.05) is 23.4 Å². The van der Waals surface area contributed by atoms with Crippen molar-refractivity contribution in [2.75, 3.05) is 0 Å². The van der Waals surface area contributed by atoms with Crippen molar-refractivity contribution in [3.8, 4) is 0 Å². The minimum absolute atomic E-state index is 0.215. The van der Waals surface area contributed by atoms with Gasteiger partial charge in [-0.2, -0.15) is 0 Å². The van der Waals surface area contributed by atoms with E-state index in [0.29, 0.717) is 5.41 Å². The third kappa shape index (κ3) is 2.93. The van der Waals surface area contributed by atoms with Crippen LogP contribution in [0.15, 0.2) is 18.3 Å². The van der Waals surface area contributed by atoms with Gasteiger partial charge in [-0.05, 0) is 50.2 Å². The molecule has 0 amide bonds. The average Bonchev–Trinajstić information content (AvgIpc) is 2.29. The molecule has 1 aliphatic rings. The quantitative estimate of drug-likeness (QED) is 0.725. The Kier molecular flexibility index (Phi) is 3.32. The molecule has 0 unspecified atom stereocenters. The van der Waals surface area contributed by atoms with Crippen LogP contribution in [0.1, 0.15) is 55.6 Å². The second-order valence-corrected chi connectivity index (χ2v) is 5.99. The molecule has 1 aliphatic carbocycles. The first-order valence-corrected chi connectivity index (χ1v) is 6.45. The second kappa shape index (κ2) is 4.59. The normalized spacial score (nSPS) is 20.2. The number of aryl methyl sites for hydroxylation is 1. The molecule has 0 spiro atoms. The van der Waals surface area contributed by atoms with Gasteiger partial charge >= 0.3 is 0 Å². The number of carbonyl (C=O) groups excluding carboxylic acids is 1. The van der Waals surface area contributed by atoms with Gasteiger partial charge in [-0.25, -0.2) is 0 Å². The summed E-state index contributed by atoms with van der Waals surface area (Å²) < 4.78 is 0. The van der Waals surface area contributed by atoms with Crippen LogP contribution in [0.5, 0.6) is 0 Å². The molecule has 1 saturated carbocycles. The maximum absolute atomic E-state index is 12.3. The van der Waals surface area contributed by atoms with Crippen LogP contribution in [0.3, 0.4) is 0 Å². The fraction of sp³-hybridized carbons (Fsp3) is 0.600. The standard InChI is InChI=1S/C15H21NO/c1-11-4-5-13(10-16-11)14(17)12-6-8-15(2,3)9-7-12/h4-5,10,12H,6-9H2,1-3H3. The van der Waals surface area contributed by atoms with Crippen LogP contribution < -0.4 is 0 Å². The van der Waals surface area contributed by atoms with Gasteiger partial charge in [0.15, 0.2) is 5.78 Å². The monoisotopic (exact) mass is 231 g/mol. The lowest BCUT2D eigenvalue weighted by Gasteiger charge is -2.33. The third-order valence-electron chi connectivity index (χ3n) is 3.91. The van der Waals surface area contributed by atoms with Crippen LogP contribution >= 0.6 is 0 Å². The minimum atomic E-state index is 0.215. The fourth-order valence-corrected chi connectivity index (χ4v) is 2.51.